The fourth-order valence-electron chi connectivity index (χ4n) is 3.06. The molecule has 1 aliphatic rings. The van der Waals surface area contributed by atoms with Crippen molar-refractivity contribution in [3.8, 4) is 0 Å². The second kappa shape index (κ2) is 5.85. The highest BCUT2D eigenvalue weighted by Gasteiger charge is 2.29. The van der Waals surface area contributed by atoms with Crippen LogP contribution in [0.15, 0.2) is 30.3 Å². The van der Waals surface area contributed by atoms with Crippen molar-refractivity contribution in [1.82, 2.24) is 5.32 Å². The second-order valence-corrected chi connectivity index (χ2v) is 6.19. The van der Waals surface area contributed by atoms with E-state index in [1.165, 1.54) is 24.8 Å². The van der Waals surface area contributed by atoms with Crippen molar-refractivity contribution in [3.05, 3.63) is 35.9 Å². The van der Waals surface area contributed by atoms with Gasteiger partial charge >= 0.3 is 0 Å². The lowest BCUT2D eigenvalue weighted by Crippen LogP contribution is -2.54. The van der Waals surface area contributed by atoms with E-state index in [2.05, 4.69) is 49.5 Å². The molecule has 1 saturated carbocycles. The topological polar surface area (TPSA) is 38.0 Å². The fourth-order valence-corrected chi connectivity index (χ4v) is 3.06. The predicted octanol–water partition coefficient (Wildman–Crippen LogP) is 2.72. The minimum absolute atomic E-state index is 0.0239. The molecular formula is C16H26N2. The van der Waals surface area contributed by atoms with Gasteiger partial charge in [0.05, 0.1) is 0 Å². The highest BCUT2D eigenvalue weighted by Crippen LogP contribution is 2.27. The Kier molecular flexibility index (Phi) is 4.41. The van der Waals surface area contributed by atoms with Gasteiger partial charge in [-0.3, -0.25) is 0 Å². The van der Waals surface area contributed by atoms with Gasteiger partial charge in [-0.15, -0.1) is 0 Å². The molecule has 0 spiro atoms. The van der Waals surface area contributed by atoms with Gasteiger partial charge in [0.15, 0.2) is 0 Å². The van der Waals surface area contributed by atoms with Crippen molar-refractivity contribution in [2.75, 3.05) is 6.54 Å². The summed E-state index contributed by atoms with van der Waals surface area (Å²) in [5.41, 5.74) is 7.39. The van der Waals surface area contributed by atoms with Gasteiger partial charge in [-0.1, -0.05) is 37.3 Å². The van der Waals surface area contributed by atoms with Gasteiger partial charge in [0.1, 0.15) is 0 Å². The Bertz CT molecular complexity index is 363. The maximum Gasteiger partial charge on any atom is 0.0318 e. The van der Waals surface area contributed by atoms with E-state index in [4.69, 9.17) is 5.73 Å². The molecule has 2 heteroatoms. The van der Waals surface area contributed by atoms with Crippen LogP contribution in [-0.4, -0.2) is 18.1 Å². The van der Waals surface area contributed by atoms with Crippen LogP contribution < -0.4 is 11.1 Å². The van der Waals surface area contributed by atoms with E-state index in [0.717, 1.165) is 12.3 Å². The molecule has 100 valence electrons. The third-order valence-electron chi connectivity index (χ3n) is 4.14. The van der Waals surface area contributed by atoms with Gasteiger partial charge in [-0.2, -0.15) is 0 Å². The molecule has 0 aromatic heterocycles. The van der Waals surface area contributed by atoms with E-state index in [1.54, 1.807) is 0 Å². The van der Waals surface area contributed by atoms with Crippen LogP contribution in [0.3, 0.4) is 0 Å². The third-order valence-corrected chi connectivity index (χ3v) is 4.14. The monoisotopic (exact) mass is 246 g/mol. The van der Waals surface area contributed by atoms with Crippen LogP contribution in [0.2, 0.25) is 0 Å². The first-order chi connectivity index (χ1) is 8.61. The number of rotatable bonds is 5. The number of benzene rings is 1. The van der Waals surface area contributed by atoms with E-state index in [-0.39, 0.29) is 5.54 Å². The van der Waals surface area contributed by atoms with Crippen LogP contribution in [0, 0.1) is 5.92 Å². The standard InChI is InChI=1S/C16H26N2/c1-13-8-9-15(10-13)18-16(2,12-17)11-14-6-4-3-5-7-14/h3-7,13,15,18H,8-12,17H2,1-2H3. The molecule has 0 heterocycles. The Labute approximate surface area is 111 Å². The van der Waals surface area contributed by atoms with Crippen LogP contribution in [-0.2, 0) is 6.42 Å². The average molecular weight is 246 g/mol. The van der Waals surface area contributed by atoms with E-state index < -0.39 is 0 Å². The molecule has 0 bridgehead atoms. The van der Waals surface area contributed by atoms with Crippen molar-refractivity contribution >= 4 is 0 Å². The third kappa shape index (κ3) is 3.56. The first-order valence-electron chi connectivity index (χ1n) is 7.13. The summed E-state index contributed by atoms with van der Waals surface area (Å²) in [5.74, 6) is 0.862. The molecule has 1 fully saturated rings. The summed E-state index contributed by atoms with van der Waals surface area (Å²) < 4.78 is 0. The lowest BCUT2D eigenvalue weighted by atomic mass is 9.91. The van der Waals surface area contributed by atoms with Gasteiger partial charge in [-0.25, -0.2) is 0 Å². The molecule has 3 N–H and O–H groups in total. The summed E-state index contributed by atoms with van der Waals surface area (Å²) in [6.45, 7) is 5.29. The average Bonchev–Trinajstić information content (AvgIpc) is 2.75. The van der Waals surface area contributed by atoms with Gasteiger partial charge in [0.25, 0.3) is 0 Å². The molecule has 18 heavy (non-hydrogen) atoms. The fraction of sp³-hybridized carbons (Fsp3) is 0.625. The first-order valence-corrected chi connectivity index (χ1v) is 7.13. The summed E-state index contributed by atoms with van der Waals surface area (Å²) >= 11 is 0. The molecule has 1 aromatic rings. The van der Waals surface area contributed by atoms with E-state index >= 15 is 0 Å². The van der Waals surface area contributed by atoms with Crippen molar-refractivity contribution in [2.24, 2.45) is 11.7 Å². The lowest BCUT2D eigenvalue weighted by molar-refractivity contribution is 0.310. The number of hydrogen-bond donors (Lipinski definition) is 2. The summed E-state index contributed by atoms with van der Waals surface area (Å²) in [7, 11) is 0. The first kappa shape index (κ1) is 13.6. The Morgan fingerprint density at radius 2 is 2.00 bits per heavy atom. The number of hydrogen-bond acceptors (Lipinski definition) is 2. The van der Waals surface area contributed by atoms with Gasteiger partial charge < -0.3 is 11.1 Å². The highest BCUT2D eigenvalue weighted by atomic mass is 15.0. The Morgan fingerprint density at radius 3 is 2.56 bits per heavy atom. The summed E-state index contributed by atoms with van der Waals surface area (Å²) in [4.78, 5) is 0. The molecule has 0 amide bonds. The second-order valence-electron chi connectivity index (χ2n) is 6.19. The van der Waals surface area contributed by atoms with Crippen molar-refractivity contribution < 1.29 is 0 Å². The number of nitrogens with one attached hydrogen (secondary N) is 1. The summed E-state index contributed by atoms with van der Waals surface area (Å²) in [6.07, 6.45) is 4.95. The summed E-state index contributed by atoms with van der Waals surface area (Å²) in [5, 5.41) is 3.80. The lowest BCUT2D eigenvalue weighted by Gasteiger charge is -2.33. The normalized spacial score (nSPS) is 27.1. The molecule has 0 saturated heterocycles. The largest absolute Gasteiger partial charge is 0.329 e. The minimum Gasteiger partial charge on any atom is -0.329 e. The SMILES string of the molecule is CC1CCC(NC(C)(CN)Cc2ccccc2)C1. The van der Waals surface area contributed by atoms with Crippen molar-refractivity contribution in [2.45, 2.75) is 51.1 Å². The van der Waals surface area contributed by atoms with Crippen molar-refractivity contribution in [1.29, 1.82) is 0 Å². The van der Waals surface area contributed by atoms with E-state index in [9.17, 15) is 0 Å². The molecule has 1 aromatic carbocycles. The molecule has 1 aliphatic carbocycles. The molecule has 0 radical (unpaired) electrons. The van der Waals surface area contributed by atoms with E-state index in [0.29, 0.717) is 12.6 Å². The Balaban J connectivity index is 1.97. The smallest absolute Gasteiger partial charge is 0.0318 e. The molecular weight excluding hydrogens is 220 g/mol. The zero-order valence-corrected chi connectivity index (χ0v) is 11.7. The van der Waals surface area contributed by atoms with Crippen LogP contribution >= 0.6 is 0 Å². The molecule has 3 unspecified atom stereocenters. The molecule has 3 atom stereocenters. The van der Waals surface area contributed by atoms with Crippen molar-refractivity contribution in [3.63, 3.8) is 0 Å². The van der Waals surface area contributed by atoms with Gasteiger partial charge in [0, 0.05) is 18.1 Å². The highest BCUT2D eigenvalue weighted by molar-refractivity contribution is 5.18. The van der Waals surface area contributed by atoms with Crippen LogP contribution in [0.1, 0.15) is 38.7 Å². The van der Waals surface area contributed by atoms with Crippen LogP contribution in [0.25, 0.3) is 0 Å². The van der Waals surface area contributed by atoms with Gasteiger partial charge in [-0.05, 0) is 44.1 Å². The van der Waals surface area contributed by atoms with Crippen LogP contribution in [0.4, 0.5) is 0 Å². The minimum atomic E-state index is 0.0239. The Morgan fingerprint density at radius 1 is 1.28 bits per heavy atom. The maximum atomic E-state index is 6.01. The number of nitrogens with two attached hydrogens (primary N) is 1. The zero-order chi connectivity index (χ0) is 13.0. The quantitative estimate of drug-likeness (QED) is 0.838. The van der Waals surface area contributed by atoms with E-state index in [1.807, 2.05) is 0 Å². The maximum absolute atomic E-state index is 6.01. The summed E-state index contributed by atoms with van der Waals surface area (Å²) in [6, 6.07) is 11.3. The molecule has 0 aliphatic heterocycles. The van der Waals surface area contributed by atoms with Crippen LogP contribution in [0.5, 0.6) is 0 Å². The van der Waals surface area contributed by atoms with Gasteiger partial charge in [0.2, 0.25) is 0 Å². The Hall–Kier alpha value is -0.860. The molecule has 2 nitrogen and oxygen atoms in total. The predicted molar refractivity (Wildman–Crippen MR) is 77.5 cm³/mol. The zero-order valence-electron chi connectivity index (χ0n) is 11.7. The molecule has 2 rings (SSSR count).